The number of hydrogen-bond donors (Lipinski definition) is 3. The van der Waals surface area contributed by atoms with Crippen molar-refractivity contribution >= 4 is 17.3 Å². The van der Waals surface area contributed by atoms with Crippen molar-refractivity contribution in [1.82, 2.24) is 4.90 Å². The van der Waals surface area contributed by atoms with Crippen LogP contribution in [0.2, 0.25) is 0 Å². The highest BCUT2D eigenvalue weighted by Crippen LogP contribution is 2.17. The van der Waals surface area contributed by atoms with Crippen molar-refractivity contribution in [3.05, 3.63) is 24.0 Å². The summed E-state index contributed by atoms with van der Waals surface area (Å²) in [5.41, 5.74) is 5.96. The minimum absolute atomic E-state index is 0.0398. The summed E-state index contributed by atoms with van der Waals surface area (Å²) >= 11 is 0. The van der Waals surface area contributed by atoms with Gasteiger partial charge < -0.3 is 20.9 Å². The summed E-state index contributed by atoms with van der Waals surface area (Å²) in [6.45, 7) is 1.27. The Morgan fingerprint density at radius 3 is 2.90 bits per heavy atom. The molecule has 0 unspecified atom stereocenters. The summed E-state index contributed by atoms with van der Waals surface area (Å²) in [5.74, 6) is -0.919. The van der Waals surface area contributed by atoms with Crippen LogP contribution in [0.3, 0.4) is 0 Å². The molecule has 0 aliphatic heterocycles. The van der Waals surface area contributed by atoms with Crippen LogP contribution in [0.5, 0.6) is 0 Å². The number of benzene rings is 1. The van der Waals surface area contributed by atoms with Crippen molar-refractivity contribution in [1.29, 1.82) is 0 Å². The molecule has 0 heterocycles. The Balaban J connectivity index is 2.58. The van der Waals surface area contributed by atoms with E-state index in [1.165, 1.54) is 18.2 Å². The number of methoxy groups -OCH3 is 1. The molecule has 0 atom stereocenters. The molecule has 0 aliphatic rings. The van der Waals surface area contributed by atoms with Gasteiger partial charge in [-0.05, 0) is 18.2 Å². The molecule has 0 radical (unpaired) electrons. The number of nitrogen functional groups attached to an aromatic ring is 1. The van der Waals surface area contributed by atoms with Gasteiger partial charge in [-0.2, -0.15) is 0 Å². The van der Waals surface area contributed by atoms with Gasteiger partial charge in [0.15, 0.2) is 0 Å². The SMILES string of the molecule is COCCN(CCO)CC(=O)Nc1cc(N)ccc1F. The van der Waals surface area contributed by atoms with Gasteiger partial charge in [0, 0.05) is 25.9 Å². The molecule has 0 saturated carbocycles. The first-order chi connectivity index (χ1) is 9.56. The van der Waals surface area contributed by atoms with Crippen molar-refractivity contribution in [2.24, 2.45) is 0 Å². The van der Waals surface area contributed by atoms with Gasteiger partial charge in [-0.1, -0.05) is 0 Å². The van der Waals surface area contributed by atoms with Crippen LogP contribution in [-0.4, -0.2) is 55.9 Å². The van der Waals surface area contributed by atoms with Crippen molar-refractivity contribution in [3.63, 3.8) is 0 Å². The molecule has 112 valence electrons. The number of rotatable bonds is 8. The van der Waals surface area contributed by atoms with Crippen LogP contribution < -0.4 is 11.1 Å². The number of aliphatic hydroxyl groups excluding tert-OH is 1. The number of carbonyl (C=O) groups excluding carboxylic acids is 1. The number of anilines is 2. The topological polar surface area (TPSA) is 87.8 Å². The van der Waals surface area contributed by atoms with Crippen LogP contribution in [0.1, 0.15) is 0 Å². The monoisotopic (exact) mass is 285 g/mol. The molecule has 1 aromatic rings. The minimum atomic E-state index is -0.543. The maximum Gasteiger partial charge on any atom is 0.238 e. The molecule has 20 heavy (non-hydrogen) atoms. The van der Waals surface area contributed by atoms with Gasteiger partial charge in [-0.15, -0.1) is 0 Å². The number of nitrogens with one attached hydrogen (secondary N) is 1. The number of halogens is 1. The van der Waals surface area contributed by atoms with Gasteiger partial charge in [-0.3, -0.25) is 9.69 Å². The van der Waals surface area contributed by atoms with E-state index >= 15 is 0 Å². The first kappa shape index (κ1) is 16.4. The molecule has 4 N–H and O–H groups in total. The minimum Gasteiger partial charge on any atom is -0.399 e. The molecule has 1 rings (SSSR count). The van der Waals surface area contributed by atoms with Gasteiger partial charge >= 0.3 is 0 Å². The van der Waals surface area contributed by atoms with E-state index in [-0.39, 0.29) is 24.7 Å². The lowest BCUT2D eigenvalue weighted by Crippen LogP contribution is -2.37. The van der Waals surface area contributed by atoms with Gasteiger partial charge in [0.2, 0.25) is 5.91 Å². The van der Waals surface area contributed by atoms with Crippen LogP contribution in [0.15, 0.2) is 18.2 Å². The molecular formula is C13H20FN3O3. The Labute approximate surface area is 117 Å². The molecule has 0 saturated heterocycles. The first-order valence-corrected chi connectivity index (χ1v) is 6.24. The fourth-order valence-electron chi connectivity index (χ4n) is 1.66. The second-order valence-corrected chi connectivity index (χ2v) is 4.28. The summed E-state index contributed by atoms with van der Waals surface area (Å²) in [5, 5.41) is 11.4. The lowest BCUT2D eigenvalue weighted by atomic mass is 10.2. The maximum absolute atomic E-state index is 13.5. The predicted molar refractivity (Wildman–Crippen MR) is 74.8 cm³/mol. The zero-order chi connectivity index (χ0) is 15.0. The summed E-state index contributed by atoms with van der Waals surface area (Å²) < 4.78 is 18.4. The molecule has 7 heteroatoms. The molecule has 1 amide bonds. The maximum atomic E-state index is 13.5. The zero-order valence-corrected chi connectivity index (χ0v) is 11.4. The average Bonchev–Trinajstić information content (AvgIpc) is 2.40. The Morgan fingerprint density at radius 2 is 2.25 bits per heavy atom. The Bertz CT molecular complexity index is 443. The summed E-state index contributed by atoms with van der Waals surface area (Å²) in [6.07, 6.45) is 0. The number of ether oxygens (including phenoxy) is 1. The standard InChI is InChI=1S/C13H20FN3O3/c1-20-7-5-17(4-6-18)9-13(19)16-12-8-10(15)2-3-11(12)14/h2-3,8,18H,4-7,9,15H2,1H3,(H,16,19). The van der Waals surface area contributed by atoms with Crippen molar-refractivity contribution in [3.8, 4) is 0 Å². The van der Waals surface area contributed by atoms with E-state index < -0.39 is 5.82 Å². The highest BCUT2D eigenvalue weighted by molar-refractivity contribution is 5.92. The number of carbonyl (C=O) groups is 1. The van der Waals surface area contributed by atoms with Crippen LogP contribution in [0.25, 0.3) is 0 Å². The van der Waals surface area contributed by atoms with E-state index in [9.17, 15) is 9.18 Å². The number of nitrogens with two attached hydrogens (primary N) is 1. The molecule has 0 fully saturated rings. The van der Waals surface area contributed by atoms with E-state index in [0.717, 1.165) is 0 Å². The second kappa shape index (κ2) is 8.47. The Hall–Kier alpha value is -1.70. The van der Waals surface area contributed by atoms with Crippen LogP contribution in [0, 0.1) is 5.82 Å². The first-order valence-electron chi connectivity index (χ1n) is 6.24. The van der Waals surface area contributed by atoms with Gasteiger partial charge in [-0.25, -0.2) is 4.39 Å². The quantitative estimate of drug-likeness (QED) is 0.597. The predicted octanol–water partition coefficient (Wildman–Crippen LogP) is 0.287. The lowest BCUT2D eigenvalue weighted by Gasteiger charge is -2.20. The van der Waals surface area contributed by atoms with E-state index in [1.54, 1.807) is 12.0 Å². The largest absolute Gasteiger partial charge is 0.399 e. The van der Waals surface area contributed by atoms with Crippen molar-refractivity contribution in [2.75, 3.05) is 51.0 Å². The van der Waals surface area contributed by atoms with E-state index in [1.807, 2.05) is 0 Å². The van der Waals surface area contributed by atoms with Crippen LogP contribution >= 0.6 is 0 Å². The van der Waals surface area contributed by atoms with E-state index in [0.29, 0.717) is 25.4 Å². The van der Waals surface area contributed by atoms with Gasteiger partial charge in [0.05, 0.1) is 25.4 Å². The van der Waals surface area contributed by atoms with Gasteiger partial charge in [0.25, 0.3) is 0 Å². The molecule has 0 bridgehead atoms. The molecule has 0 aromatic heterocycles. The molecular weight excluding hydrogens is 265 g/mol. The number of amides is 1. The van der Waals surface area contributed by atoms with E-state index in [2.05, 4.69) is 5.32 Å². The third-order valence-electron chi connectivity index (χ3n) is 2.66. The van der Waals surface area contributed by atoms with Crippen molar-refractivity contribution < 1.29 is 19.0 Å². The van der Waals surface area contributed by atoms with Gasteiger partial charge in [0.1, 0.15) is 5.82 Å². The number of aliphatic hydroxyl groups is 1. The molecule has 0 aliphatic carbocycles. The average molecular weight is 285 g/mol. The summed E-state index contributed by atoms with van der Waals surface area (Å²) in [4.78, 5) is 13.6. The highest BCUT2D eigenvalue weighted by atomic mass is 19.1. The van der Waals surface area contributed by atoms with Crippen LogP contribution in [-0.2, 0) is 9.53 Å². The highest BCUT2D eigenvalue weighted by Gasteiger charge is 2.12. The van der Waals surface area contributed by atoms with Crippen LogP contribution in [0.4, 0.5) is 15.8 Å². The molecule has 6 nitrogen and oxygen atoms in total. The summed E-state index contributed by atoms with van der Waals surface area (Å²) in [7, 11) is 1.55. The Kier molecular flexibility index (Phi) is 6.92. The van der Waals surface area contributed by atoms with Crippen molar-refractivity contribution in [2.45, 2.75) is 0 Å². The number of nitrogens with zero attached hydrogens (tertiary/aromatic N) is 1. The second-order valence-electron chi connectivity index (χ2n) is 4.28. The fraction of sp³-hybridized carbons (Fsp3) is 0.462. The normalized spacial score (nSPS) is 10.8. The Morgan fingerprint density at radius 1 is 1.50 bits per heavy atom. The zero-order valence-electron chi connectivity index (χ0n) is 11.4. The number of hydrogen-bond acceptors (Lipinski definition) is 5. The third-order valence-corrected chi connectivity index (χ3v) is 2.66. The third kappa shape index (κ3) is 5.52. The lowest BCUT2D eigenvalue weighted by molar-refractivity contribution is -0.117. The van der Waals surface area contributed by atoms with E-state index in [4.69, 9.17) is 15.6 Å². The fourth-order valence-corrected chi connectivity index (χ4v) is 1.66. The summed E-state index contributed by atoms with van der Waals surface area (Å²) in [6, 6.07) is 3.97. The smallest absolute Gasteiger partial charge is 0.238 e. The molecule has 1 aromatic carbocycles. The molecule has 0 spiro atoms.